The zero-order chi connectivity index (χ0) is 24.4. The minimum absolute atomic E-state index is 0.0582. The Balaban J connectivity index is 1.82. The number of fused-ring (bicyclic) bond motifs is 3. The highest BCUT2D eigenvalue weighted by Crippen LogP contribution is 2.49. The fourth-order valence-electron chi connectivity index (χ4n) is 5.62. The highest BCUT2D eigenvalue weighted by molar-refractivity contribution is 7.89. The molecule has 3 unspecified atom stereocenters. The minimum atomic E-state index is -3.52. The summed E-state index contributed by atoms with van der Waals surface area (Å²) >= 11 is 0. The molecule has 0 saturated heterocycles. The van der Waals surface area contributed by atoms with Crippen LogP contribution >= 0.6 is 0 Å². The van der Waals surface area contributed by atoms with Crippen molar-refractivity contribution in [1.29, 1.82) is 5.26 Å². The fourth-order valence-corrected chi connectivity index (χ4v) is 6.43. The van der Waals surface area contributed by atoms with E-state index in [0.717, 1.165) is 39.1 Å². The first-order valence-corrected chi connectivity index (χ1v) is 13.0. The molecular weight excluding hydrogens is 450 g/mol. The average Bonchev–Trinajstić information content (AvgIpc) is 3.34. The number of ether oxygens (including phenoxy) is 2. The summed E-state index contributed by atoms with van der Waals surface area (Å²) in [7, 11) is -0.221. The van der Waals surface area contributed by atoms with Crippen LogP contribution < -0.4 is 0 Å². The van der Waals surface area contributed by atoms with Gasteiger partial charge in [-0.15, -0.1) is 0 Å². The third-order valence-electron chi connectivity index (χ3n) is 7.05. The molecule has 3 heterocycles. The predicted octanol–water partition coefficient (Wildman–Crippen LogP) is 3.96. The first-order valence-electron chi connectivity index (χ1n) is 11.2. The molecule has 2 aromatic rings. The molecule has 3 atom stereocenters. The molecule has 8 heteroatoms. The summed E-state index contributed by atoms with van der Waals surface area (Å²) in [4.78, 5) is 2.25. The van der Waals surface area contributed by atoms with Crippen LogP contribution in [0.25, 0.3) is 16.5 Å². The van der Waals surface area contributed by atoms with Crippen LogP contribution in [0.5, 0.6) is 0 Å². The third-order valence-corrected chi connectivity index (χ3v) is 8.07. The van der Waals surface area contributed by atoms with Crippen LogP contribution in [-0.2, 0) is 19.5 Å². The molecule has 0 spiro atoms. The van der Waals surface area contributed by atoms with E-state index in [1.165, 1.54) is 10.2 Å². The molecular formula is C26H27N3O4S. The van der Waals surface area contributed by atoms with Crippen molar-refractivity contribution >= 4 is 26.5 Å². The van der Waals surface area contributed by atoms with E-state index in [4.69, 9.17) is 9.47 Å². The zero-order valence-electron chi connectivity index (χ0n) is 19.9. The van der Waals surface area contributed by atoms with Gasteiger partial charge in [0.15, 0.2) is 0 Å². The number of rotatable bonds is 4. The maximum Gasteiger partial charge on any atom is 0.236 e. The van der Waals surface area contributed by atoms with Crippen LogP contribution in [0.3, 0.4) is 0 Å². The Kier molecular flexibility index (Phi) is 5.23. The maximum atomic E-state index is 12.5. The van der Waals surface area contributed by atoms with Crippen LogP contribution in [0, 0.1) is 11.3 Å². The van der Waals surface area contributed by atoms with Crippen molar-refractivity contribution in [2.24, 2.45) is 0 Å². The molecule has 0 bridgehead atoms. The Bertz CT molecular complexity index is 1480. The van der Waals surface area contributed by atoms with E-state index in [9.17, 15) is 13.7 Å². The van der Waals surface area contributed by atoms with Crippen molar-refractivity contribution in [3.8, 4) is 6.07 Å². The number of benzene rings is 1. The minimum Gasteiger partial charge on any atom is -0.498 e. The van der Waals surface area contributed by atoms with Crippen molar-refractivity contribution in [3.05, 3.63) is 76.4 Å². The molecule has 0 amide bonds. The highest BCUT2D eigenvalue weighted by Gasteiger charge is 2.43. The van der Waals surface area contributed by atoms with Crippen LogP contribution in [0.2, 0.25) is 0 Å². The van der Waals surface area contributed by atoms with Crippen molar-refractivity contribution < 1.29 is 17.9 Å². The smallest absolute Gasteiger partial charge is 0.236 e. The molecule has 3 aliphatic rings. The second-order valence-corrected chi connectivity index (χ2v) is 10.8. The van der Waals surface area contributed by atoms with Gasteiger partial charge in [0.2, 0.25) is 10.0 Å². The van der Waals surface area contributed by atoms with E-state index < -0.39 is 10.0 Å². The number of aromatic nitrogens is 1. The maximum absolute atomic E-state index is 12.5. The van der Waals surface area contributed by atoms with Gasteiger partial charge in [-0.05, 0) is 31.6 Å². The summed E-state index contributed by atoms with van der Waals surface area (Å²) in [5.41, 5.74) is 5.75. The van der Waals surface area contributed by atoms with Crippen molar-refractivity contribution in [2.45, 2.75) is 38.5 Å². The molecule has 1 aromatic heterocycles. The van der Waals surface area contributed by atoms with Crippen LogP contribution in [-0.4, -0.2) is 56.0 Å². The molecule has 1 aromatic carbocycles. The van der Waals surface area contributed by atoms with Crippen LogP contribution in [0.4, 0.5) is 0 Å². The van der Waals surface area contributed by atoms with Gasteiger partial charge < -0.3 is 14.4 Å². The summed E-state index contributed by atoms with van der Waals surface area (Å²) in [6.45, 7) is 4.19. The van der Waals surface area contributed by atoms with Crippen molar-refractivity contribution in [1.82, 2.24) is 8.87 Å². The van der Waals surface area contributed by atoms with Crippen molar-refractivity contribution in [2.75, 3.05) is 20.5 Å². The lowest BCUT2D eigenvalue weighted by Crippen LogP contribution is -2.39. The molecule has 1 aliphatic carbocycles. The summed E-state index contributed by atoms with van der Waals surface area (Å²) in [5, 5.41) is 11.2. The lowest BCUT2D eigenvalue weighted by molar-refractivity contribution is 0.0762. The monoisotopic (exact) mass is 477 g/mol. The molecule has 0 saturated carbocycles. The second kappa shape index (κ2) is 7.90. The highest BCUT2D eigenvalue weighted by atomic mass is 32.2. The molecule has 34 heavy (non-hydrogen) atoms. The zero-order valence-corrected chi connectivity index (χ0v) is 20.7. The summed E-state index contributed by atoms with van der Waals surface area (Å²) in [6.07, 6.45) is 7.55. The Morgan fingerprint density at radius 1 is 1.18 bits per heavy atom. The SMILES string of the molecule is COC1=CC2=C3C(C#N)=C(c4cn(S(C)(=O)=O)c5ccccc45)C(C)N3C(C)C=C2CC1OC. The first kappa shape index (κ1) is 22.5. The van der Waals surface area contributed by atoms with Crippen molar-refractivity contribution in [3.63, 3.8) is 0 Å². The molecule has 5 rings (SSSR count). The Morgan fingerprint density at radius 2 is 1.91 bits per heavy atom. The Labute approximate surface area is 199 Å². The van der Waals surface area contributed by atoms with Crippen LogP contribution in [0.1, 0.15) is 25.8 Å². The summed E-state index contributed by atoms with van der Waals surface area (Å²) in [5.74, 6) is 0.726. The number of para-hydroxylation sites is 1. The fraction of sp³-hybridized carbons (Fsp3) is 0.346. The number of nitrogens with zero attached hydrogens (tertiary/aromatic N) is 3. The van der Waals surface area contributed by atoms with Gasteiger partial charge in [-0.25, -0.2) is 12.4 Å². The largest absolute Gasteiger partial charge is 0.498 e. The molecule has 0 fully saturated rings. The Morgan fingerprint density at radius 3 is 2.56 bits per heavy atom. The third kappa shape index (κ3) is 3.15. The van der Waals surface area contributed by atoms with Gasteiger partial charge in [0.25, 0.3) is 0 Å². The van der Waals surface area contributed by atoms with Gasteiger partial charge in [0.05, 0.1) is 36.2 Å². The Hall–Kier alpha value is -3.28. The van der Waals surface area contributed by atoms with E-state index in [1.807, 2.05) is 24.3 Å². The normalized spacial score (nSPS) is 24.6. The molecule has 0 N–H and O–H groups in total. The standard InChI is InChI=1S/C26H27N3O4S/c1-15-10-17-11-23(32-3)24(33-4)12-19(17)26-20(13-27)25(16(2)29(15)26)21-14-28(34(5,30)31)22-9-7-6-8-18(21)22/h6-10,12,14-16,23H,11H2,1-5H3. The number of allylic oxidation sites excluding steroid dienone is 3. The number of hydrogen-bond acceptors (Lipinski definition) is 6. The van der Waals surface area contributed by atoms with E-state index >= 15 is 0 Å². The summed E-state index contributed by atoms with van der Waals surface area (Å²) < 4.78 is 37.6. The number of methoxy groups -OCH3 is 2. The van der Waals surface area contributed by atoms with E-state index in [-0.39, 0.29) is 18.2 Å². The molecule has 2 aliphatic heterocycles. The van der Waals surface area contributed by atoms with Gasteiger partial charge in [-0.2, -0.15) is 5.26 Å². The lowest BCUT2D eigenvalue weighted by Gasteiger charge is -2.39. The van der Waals surface area contributed by atoms with Gasteiger partial charge in [-0.3, -0.25) is 0 Å². The lowest BCUT2D eigenvalue weighted by atomic mass is 9.85. The van der Waals surface area contributed by atoms with E-state index in [0.29, 0.717) is 17.5 Å². The van der Waals surface area contributed by atoms with Gasteiger partial charge >= 0.3 is 0 Å². The average molecular weight is 478 g/mol. The topological polar surface area (TPSA) is 84.6 Å². The van der Waals surface area contributed by atoms with Gasteiger partial charge in [-0.1, -0.05) is 24.3 Å². The van der Waals surface area contributed by atoms with E-state index in [2.05, 4.69) is 30.9 Å². The first-order chi connectivity index (χ1) is 16.2. The van der Waals surface area contributed by atoms with Gasteiger partial charge in [0.1, 0.15) is 17.9 Å². The second-order valence-electron chi connectivity index (χ2n) is 8.98. The van der Waals surface area contributed by atoms with Crippen LogP contribution in [0.15, 0.2) is 70.8 Å². The predicted molar refractivity (Wildman–Crippen MR) is 131 cm³/mol. The van der Waals surface area contributed by atoms with E-state index in [1.54, 1.807) is 26.5 Å². The molecule has 7 nitrogen and oxygen atoms in total. The summed E-state index contributed by atoms with van der Waals surface area (Å²) in [6, 6.07) is 9.82. The molecule has 0 radical (unpaired) electrons. The molecule has 176 valence electrons. The quantitative estimate of drug-likeness (QED) is 0.663. The van der Waals surface area contributed by atoms with Gasteiger partial charge in [0, 0.05) is 47.9 Å². The number of hydrogen-bond donors (Lipinski definition) is 0. The number of nitriles is 1.